The lowest BCUT2D eigenvalue weighted by Gasteiger charge is -2.10. The van der Waals surface area contributed by atoms with Gasteiger partial charge in [-0.2, -0.15) is 0 Å². The van der Waals surface area contributed by atoms with Gasteiger partial charge in [0.15, 0.2) is 0 Å². The van der Waals surface area contributed by atoms with Crippen LogP contribution in [0.15, 0.2) is 36.4 Å². The number of ether oxygens (including phenoxy) is 2. The SMILES string of the molecule is COC(=O)c1cc(NC(=O)c2c(F)cccc2F)cc(C(=O)OC)c1. The Bertz CT molecular complexity index is 796. The number of rotatable bonds is 4. The zero-order valence-corrected chi connectivity index (χ0v) is 13.3. The van der Waals surface area contributed by atoms with E-state index >= 15 is 0 Å². The van der Waals surface area contributed by atoms with E-state index in [9.17, 15) is 23.2 Å². The average Bonchev–Trinajstić information content (AvgIpc) is 2.59. The minimum atomic E-state index is -1.08. The molecular weight excluding hydrogens is 336 g/mol. The molecule has 1 N–H and O–H groups in total. The van der Waals surface area contributed by atoms with Crippen molar-refractivity contribution in [3.05, 3.63) is 64.7 Å². The van der Waals surface area contributed by atoms with Crippen molar-refractivity contribution in [2.45, 2.75) is 0 Å². The van der Waals surface area contributed by atoms with E-state index in [4.69, 9.17) is 0 Å². The summed E-state index contributed by atoms with van der Waals surface area (Å²) in [6, 6.07) is 6.60. The van der Waals surface area contributed by atoms with E-state index in [1.807, 2.05) is 0 Å². The molecule has 0 spiro atoms. The Morgan fingerprint density at radius 3 is 1.80 bits per heavy atom. The number of halogens is 2. The molecule has 0 atom stereocenters. The second-order valence-corrected chi connectivity index (χ2v) is 4.83. The van der Waals surface area contributed by atoms with Gasteiger partial charge in [0.2, 0.25) is 0 Å². The summed E-state index contributed by atoms with van der Waals surface area (Å²) in [6.07, 6.45) is 0. The van der Waals surface area contributed by atoms with Gasteiger partial charge >= 0.3 is 11.9 Å². The van der Waals surface area contributed by atoms with Crippen LogP contribution < -0.4 is 5.32 Å². The van der Waals surface area contributed by atoms with Gasteiger partial charge < -0.3 is 14.8 Å². The highest BCUT2D eigenvalue weighted by molar-refractivity contribution is 6.06. The molecule has 0 aliphatic carbocycles. The van der Waals surface area contributed by atoms with Gasteiger partial charge in [0.05, 0.1) is 25.3 Å². The number of carbonyl (C=O) groups excluding carboxylic acids is 3. The predicted molar refractivity (Wildman–Crippen MR) is 83.4 cm³/mol. The number of hydrogen-bond acceptors (Lipinski definition) is 5. The van der Waals surface area contributed by atoms with E-state index in [0.29, 0.717) is 0 Å². The molecule has 0 aliphatic rings. The molecule has 0 heterocycles. The van der Waals surface area contributed by atoms with Crippen molar-refractivity contribution >= 4 is 23.5 Å². The van der Waals surface area contributed by atoms with Crippen LogP contribution in [0, 0.1) is 11.6 Å². The molecule has 0 aliphatic heterocycles. The molecule has 130 valence electrons. The minimum Gasteiger partial charge on any atom is -0.465 e. The maximum atomic E-state index is 13.7. The summed E-state index contributed by atoms with van der Waals surface area (Å²) in [6.45, 7) is 0. The van der Waals surface area contributed by atoms with Crippen LogP contribution in [0.5, 0.6) is 0 Å². The van der Waals surface area contributed by atoms with Crippen LogP contribution in [-0.4, -0.2) is 32.1 Å². The van der Waals surface area contributed by atoms with Crippen LogP contribution in [0.2, 0.25) is 0 Å². The molecule has 2 aromatic carbocycles. The Labute approximate surface area is 141 Å². The van der Waals surface area contributed by atoms with E-state index in [-0.39, 0.29) is 16.8 Å². The van der Waals surface area contributed by atoms with Crippen molar-refractivity contribution in [1.82, 2.24) is 0 Å². The standard InChI is InChI=1S/C17H13F2NO5/c1-24-16(22)9-6-10(17(23)25-2)8-11(7-9)20-15(21)14-12(18)4-3-5-13(14)19/h3-8H,1-2H3,(H,20,21). The molecule has 0 saturated carbocycles. The second kappa shape index (κ2) is 7.52. The topological polar surface area (TPSA) is 81.7 Å². The molecule has 0 fully saturated rings. The fourth-order valence-electron chi connectivity index (χ4n) is 2.08. The lowest BCUT2D eigenvalue weighted by molar-refractivity contribution is 0.0598. The molecule has 0 aromatic heterocycles. The van der Waals surface area contributed by atoms with Gasteiger partial charge in [-0.25, -0.2) is 18.4 Å². The van der Waals surface area contributed by atoms with E-state index in [0.717, 1.165) is 32.4 Å². The number of nitrogens with one attached hydrogen (secondary N) is 1. The van der Waals surface area contributed by atoms with Gasteiger partial charge in [-0.3, -0.25) is 4.79 Å². The van der Waals surface area contributed by atoms with Crippen LogP contribution in [0.3, 0.4) is 0 Å². The van der Waals surface area contributed by atoms with Gasteiger partial charge in [0.25, 0.3) is 5.91 Å². The summed E-state index contributed by atoms with van der Waals surface area (Å²) in [5, 5.41) is 2.24. The highest BCUT2D eigenvalue weighted by Gasteiger charge is 2.19. The van der Waals surface area contributed by atoms with E-state index < -0.39 is 35.0 Å². The third-order valence-electron chi connectivity index (χ3n) is 3.22. The quantitative estimate of drug-likeness (QED) is 0.859. The third-order valence-corrected chi connectivity index (χ3v) is 3.22. The van der Waals surface area contributed by atoms with Crippen LogP contribution >= 0.6 is 0 Å². The minimum absolute atomic E-state index is 0.0315. The summed E-state index contributed by atoms with van der Waals surface area (Å²) in [5.74, 6) is -4.70. The highest BCUT2D eigenvalue weighted by Crippen LogP contribution is 2.19. The molecule has 0 saturated heterocycles. The van der Waals surface area contributed by atoms with Crippen molar-refractivity contribution in [2.24, 2.45) is 0 Å². The predicted octanol–water partition coefficient (Wildman–Crippen LogP) is 2.79. The van der Waals surface area contributed by atoms with E-state index in [2.05, 4.69) is 14.8 Å². The van der Waals surface area contributed by atoms with Gasteiger partial charge in [-0.15, -0.1) is 0 Å². The van der Waals surface area contributed by atoms with Crippen molar-refractivity contribution in [3.8, 4) is 0 Å². The Balaban J connectivity index is 2.42. The summed E-state index contributed by atoms with van der Waals surface area (Å²) < 4.78 is 36.5. The maximum absolute atomic E-state index is 13.7. The van der Waals surface area contributed by atoms with Crippen molar-refractivity contribution < 1.29 is 32.6 Å². The smallest absolute Gasteiger partial charge is 0.337 e. The largest absolute Gasteiger partial charge is 0.465 e. The molecule has 25 heavy (non-hydrogen) atoms. The highest BCUT2D eigenvalue weighted by atomic mass is 19.1. The number of esters is 2. The molecule has 8 heteroatoms. The molecule has 2 rings (SSSR count). The number of amides is 1. The number of methoxy groups -OCH3 is 2. The lowest BCUT2D eigenvalue weighted by atomic mass is 10.1. The summed E-state index contributed by atoms with van der Waals surface area (Å²) in [4.78, 5) is 35.5. The normalized spacial score (nSPS) is 10.1. The summed E-state index contributed by atoms with van der Waals surface area (Å²) in [7, 11) is 2.28. The third kappa shape index (κ3) is 3.97. The summed E-state index contributed by atoms with van der Waals surface area (Å²) in [5.41, 5.74) is -0.911. The number of benzene rings is 2. The fraction of sp³-hybridized carbons (Fsp3) is 0.118. The lowest BCUT2D eigenvalue weighted by Crippen LogP contribution is -2.17. The molecule has 0 unspecified atom stereocenters. The zero-order chi connectivity index (χ0) is 18.6. The Hall–Kier alpha value is -3.29. The summed E-state index contributed by atoms with van der Waals surface area (Å²) >= 11 is 0. The number of carbonyl (C=O) groups is 3. The monoisotopic (exact) mass is 349 g/mol. The van der Waals surface area contributed by atoms with Crippen molar-refractivity contribution in [2.75, 3.05) is 19.5 Å². The van der Waals surface area contributed by atoms with Crippen molar-refractivity contribution in [3.63, 3.8) is 0 Å². The van der Waals surface area contributed by atoms with E-state index in [1.54, 1.807) is 0 Å². The van der Waals surface area contributed by atoms with Crippen LogP contribution in [-0.2, 0) is 9.47 Å². The van der Waals surface area contributed by atoms with Gasteiger partial charge in [-0.1, -0.05) is 6.07 Å². The first-order chi connectivity index (χ1) is 11.9. The Kier molecular flexibility index (Phi) is 5.43. The van der Waals surface area contributed by atoms with Crippen LogP contribution in [0.4, 0.5) is 14.5 Å². The van der Waals surface area contributed by atoms with E-state index in [1.165, 1.54) is 18.2 Å². The number of hydrogen-bond donors (Lipinski definition) is 1. The molecule has 0 radical (unpaired) electrons. The molecule has 0 bridgehead atoms. The Morgan fingerprint density at radius 1 is 0.880 bits per heavy atom. The molecule has 1 amide bonds. The number of anilines is 1. The van der Waals surface area contributed by atoms with Gasteiger partial charge in [0, 0.05) is 5.69 Å². The first-order valence-electron chi connectivity index (χ1n) is 6.94. The van der Waals surface area contributed by atoms with Crippen LogP contribution in [0.1, 0.15) is 31.1 Å². The molecule has 6 nitrogen and oxygen atoms in total. The first-order valence-corrected chi connectivity index (χ1v) is 6.94. The first kappa shape index (κ1) is 18.1. The molecular formula is C17H13F2NO5. The van der Waals surface area contributed by atoms with Crippen LogP contribution in [0.25, 0.3) is 0 Å². The zero-order valence-electron chi connectivity index (χ0n) is 13.3. The maximum Gasteiger partial charge on any atom is 0.337 e. The van der Waals surface area contributed by atoms with Gasteiger partial charge in [-0.05, 0) is 30.3 Å². The van der Waals surface area contributed by atoms with Gasteiger partial charge in [0.1, 0.15) is 17.2 Å². The molecule has 2 aromatic rings. The average molecular weight is 349 g/mol. The second-order valence-electron chi connectivity index (χ2n) is 4.83. The Morgan fingerprint density at radius 2 is 1.36 bits per heavy atom. The van der Waals surface area contributed by atoms with Crippen molar-refractivity contribution in [1.29, 1.82) is 0 Å². The fourth-order valence-corrected chi connectivity index (χ4v) is 2.08.